The largest absolute Gasteiger partial charge is 1.00 e. The van der Waals surface area contributed by atoms with Gasteiger partial charge < -0.3 is 12.0 Å². The monoisotopic (exact) mass is 342 g/mol. The molecule has 0 aromatic heterocycles. The van der Waals surface area contributed by atoms with Crippen LogP contribution < -0.4 is 29.6 Å². The zero-order valence-corrected chi connectivity index (χ0v) is 16.4. The van der Waals surface area contributed by atoms with E-state index in [1.165, 1.54) is 38.5 Å². The summed E-state index contributed by atoms with van der Waals surface area (Å²) >= 11 is 0. The molecule has 7 heteroatoms. The van der Waals surface area contributed by atoms with Crippen LogP contribution in [0.15, 0.2) is 30.3 Å². The molecule has 0 aliphatic rings. The van der Waals surface area contributed by atoms with Gasteiger partial charge in [0.2, 0.25) is 0 Å². The summed E-state index contributed by atoms with van der Waals surface area (Å²) in [7, 11) is -4.67. The molecule has 0 heterocycles. The molecule has 124 valence electrons. The molecule has 5 nitrogen and oxygen atoms in total. The molecule has 22 heavy (non-hydrogen) atoms. The number of unbranched alkanes of at least 4 members (excludes halogenated alkanes) is 6. The van der Waals surface area contributed by atoms with Crippen LogP contribution in [-0.2, 0) is 10.4 Å². The standard InChI is InChI=1S/C9H19.C6H6O.Na.H2O4S/c1-3-5-7-9-8-6-4-2;7-6-4-2-1-3-5-6;;1-5(2,3)4/h1,3-9H2,2H3;1-5,7H;;(H2,1,2,3,4)/q-1;;+1;. The van der Waals surface area contributed by atoms with Gasteiger partial charge in [0.05, 0.1) is 0 Å². The van der Waals surface area contributed by atoms with Crippen molar-refractivity contribution in [3.05, 3.63) is 37.3 Å². The summed E-state index contributed by atoms with van der Waals surface area (Å²) in [5, 5.41) is 8.63. The molecular formula is C15H27NaO5S. The third-order valence-electron chi connectivity index (χ3n) is 2.36. The number of hydrogen-bond donors (Lipinski definition) is 3. The van der Waals surface area contributed by atoms with E-state index in [9.17, 15) is 0 Å². The van der Waals surface area contributed by atoms with Crippen molar-refractivity contribution < 1.29 is 52.2 Å². The molecule has 1 aromatic rings. The molecule has 0 atom stereocenters. The number of aromatic hydroxyl groups is 1. The second-order valence-electron chi connectivity index (χ2n) is 4.40. The van der Waals surface area contributed by atoms with E-state index in [4.69, 9.17) is 22.6 Å². The molecule has 0 saturated heterocycles. The van der Waals surface area contributed by atoms with E-state index < -0.39 is 10.4 Å². The number of rotatable bonds is 6. The van der Waals surface area contributed by atoms with Gasteiger partial charge in [0.25, 0.3) is 0 Å². The van der Waals surface area contributed by atoms with Gasteiger partial charge in [0, 0.05) is 0 Å². The van der Waals surface area contributed by atoms with Crippen LogP contribution in [0.5, 0.6) is 5.75 Å². The van der Waals surface area contributed by atoms with Crippen molar-refractivity contribution in [3.63, 3.8) is 0 Å². The Bertz CT molecular complexity index is 395. The number of para-hydroxylation sites is 1. The Morgan fingerprint density at radius 3 is 1.68 bits per heavy atom. The van der Waals surface area contributed by atoms with Crippen LogP contribution >= 0.6 is 0 Å². The third kappa shape index (κ3) is 36.8. The minimum absolute atomic E-state index is 0. The SMILES string of the molecule is O=S(=O)(O)O.Oc1ccccc1.[CH2-]CCCCCCCC.[Na+]. The first-order chi connectivity index (χ1) is 9.81. The quantitative estimate of drug-likeness (QED) is 0.314. The maximum atomic E-state index is 8.74. The molecule has 0 fully saturated rings. The average molecular weight is 342 g/mol. The van der Waals surface area contributed by atoms with E-state index in [0.29, 0.717) is 5.75 Å². The Kier molecular flexibility index (Phi) is 23.0. The summed E-state index contributed by atoms with van der Waals surface area (Å²) in [5.74, 6) is 0.322. The number of benzene rings is 1. The van der Waals surface area contributed by atoms with Crippen LogP contribution in [0.4, 0.5) is 0 Å². The smallest absolute Gasteiger partial charge is 0.508 e. The molecule has 0 amide bonds. The van der Waals surface area contributed by atoms with Crippen LogP contribution in [0.2, 0.25) is 0 Å². The minimum atomic E-state index is -4.67. The van der Waals surface area contributed by atoms with E-state index in [2.05, 4.69) is 13.8 Å². The first kappa shape index (κ1) is 26.8. The predicted molar refractivity (Wildman–Crippen MR) is 85.6 cm³/mol. The van der Waals surface area contributed by atoms with Gasteiger partial charge in [-0.25, -0.2) is 0 Å². The summed E-state index contributed by atoms with van der Waals surface area (Å²) in [6.07, 6.45) is 9.45. The number of phenolic OH excluding ortho intramolecular Hbond substituents is 1. The fraction of sp³-hybridized carbons (Fsp3) is 0.533. The number of phenols is 1. The molecule has 0 spiro atoms. The van der Waals surface area contributed by atoms with Crippen LogP contribution in [-0.4, -0.2) is 22.6 Å². The Hall–Kier alpha value is -0.110. The van der Waals surface area contributed by atoms with Gasteiger partial charge in [-0.15, -0.1) is 0 Å². The van der Waals surface area contributed by atoms with Crippen molar-refractivity contribution in [2.75, 3.05) is 0 Å². The van der Waals surface area contributed by atoms with Gasteiger partial charge >= 0.3 is 40.0 Å². The van der Waals surface area contributed by atoms with Crippen molar-refractivity contribution in [1.82, 2.24) is 0 Å². The second-order valence-corrected chi connectivity index (χ2v) is 5.30. The normalized spacial score (nSPS) is 9.45. The zero-order chi connectivity index (χ0) is 16.6. The summed E-state index contributed by atoms with van der Waals surface area (Å²) in [6.45, 7) is 6.05. The maximum absolute atomic E-state index is 8.74. The summed E-state index contributed by atoms with van der Waals surface area (Å²) in [5.41, 5.74) is 0. The molecular weight excluding hydrogens is 315 g/mol. The first-order valence-electron chi connectivity index (χ1n) is 7.04. The Balaban J connectivity index is -0.000000250. The molecule has 0 unspecified atom stereocenters. The Morgan fingerprint density at radius 2 is 1.36 bits per heavy atom. The predicted octanol–water partition coefficient (Wildman–Crippen LogP) is 1.31. The minimum Gasteiger partial charge on any atom is -0.508 e. The van der Waals surface area contributed by atoms with Crippen LogP contribution in [0, 0.1) is 6.92 Å². The average Bonchev–Trinajstić information content (AvgIpc) is 2.38. The third-order valence-corrected chi connectivity index (χ3v) is 2.36. The molecule has 0 saturated carbocycles. The Morgan fingerprint density at radius 1 is 0.955 bits per heavy atom. The van der Waals surface area contributed by atoms with E-state index in [1.54, 1.807) is 24.3 Å². The molecule has 0 aliphatic heterocycles. The van der Waals surface area contributed by atoms with Gasteiger partial charge in [-0.2, -0.15) is 14.8 Å². The van der Waals surface area contributed by atoms with Crippen molar-refractivity contribution in [2.45, 2.75) is 51.9 Å². The molecule has 1 aromatic carbocycles. The maximum Gasteiger partial charge on any atom is 1.00 e. The molecule has 3 N–H and O–H groups in total. The van der Waals surface area contributed by atoms with E-state index in [0.717, 1.165) is 6.42 Å². The topological polar surface area (TPSA) is 94.8 Å². The molecule has 0 radical (unpaired) electrons. The molecule has 0 aliphatic carbocycles. The van der Waals surface area contributed by atoms with Gasteiger partial charge in [-0.3, -0.25) is 9.11 Å². The molecule has 0 bridgehead atoms. The van der Waals surface area contributed by atoms with E-state index in [1.807, 2.05) is 6.07 Å². The summed E-state index contributed by atoms with van der Waals surface area (Å²) < 4.78 is 31.6. The fourth-order valence-electron chi connectivity index (χ4n) is 1.39. The first-order valence-corrected chi connectivity index (χ1v) is 8.44. The number of hydrogen-bond acceptors (Lipinski definition) is 3. The van der Waals surface area contributed by atoms with Gasteiger partial charge in [0.15, 0.2) is 0 Å². The zero-order valence-electron chi connectivity index (χ0n) is 13.6. The van der Waals surface area contributed by atoms with Crippen molar-refractivity contribution in [2.24, 2.45) is 0 Å². The summed E-state index contributed by atoms with van der Waals surface area (Å²) in [4.78, 5) is 0. The fourth-order valence-corrected chi connectivity index (χ4v) is 1.39. The van der Waals surface area contributed by atoms with Crippen molar-refractivity contribution in [3.8, 4) is 5.75 Å². The van der Waals surface area contributed by atoms with Gasteiger partial charge in [-0.05, 0) is 12.1 Å². The second kappa shape index (κ2) is 18.9. The van der Waals surface area contributed by atoms with Gasteiger partial charge in [-0.1, -0.05) is 63.6 Å². The van der Waals surface area contributed by atoms with E-state index in [-0.39, 0.29) is 29.6 Å². The van der Waals surface area contributed by atoms with Crippen LogP contribution in [0.1, 0.15) is 51.9 Å². The van der Waals surface area contributed by atoms with Gasteiger partial charge in [0.1, 0.15) is 5.75 Å². The van der Waals surface area contributed by atoms with Crippen molar-refractivity contribution in [1.29, 1.82) is 0 Å². The van der Waals surface area contributed by atoms with Crippen molar-refractivity contribution >= 4 is 10.4 Å². The Labute approximate surface area is 157 Å². The summed E-state index contributed by atoms with van der Waals surface area (Å²) in [6, 6.07) is 8.71. The van der Waals surface area contributed by atoms with Crippen LogP contribution in [0.3, 0.4) is 0 Å². The van der Waals surface area contributed by atoms with Crippen LogP contribution in [0.25, 0.3) is 0 Å². The van der Waals surface area contributed by atoms with E-state index >= 15 is 0 Å². The molecule has 1 rings (SSSR count).